The molecule has 2 heterocycles. The Morgan fingerprint density at radius 1 is 1.25 bits per heavy atom. The van der Waals surface area contributed by atoms with Gasteiger partial charge >= 0.3 is 0 Å². The van der Waals surface area contributed by atoms with E-state index < -0.39 is 0 Å². The molecule has 0 aliphatic rings. The molecule has 0 radical (unpaired) electrons. The van der Waals surface area contributed by atoms with Crippen molar-refractivity contribution in [1.29, 1.82) is 0 Å². The molecule has 0 atom stereocenters. The Balaban J connectivity index is 2.00. The fourth-order valence-electron chi connectivity index (χ4n) is 2.11. The predicted octanol–water partition coefficient (Wildman–Crippen LogP) is 2.27. The molecule has 5 heteroatoms. The molecule has 108 valence electrons. The van der Waals surface area contributed by atoms with E-state index in [1.54, 1.807) is 0 Å². The number of hydrogen-bond acceptors (Lipinski definition) is 4. The number of nitrogens with zero attached hydrogens (tertiary/aromatic N) is 4. The molecule has 0 aliphatic carbocycles. The molecule has 0 aliphatic heterocycles. The predicted molar refractivity (Wildman–Crippen MR) is 81.4 cm³/mol. The summed E-state index contributed by atoms with van der Waals surface area (Å²) >= 11 is 0. The van der Waals surface area contributed by atoms with Crippen LogP contribution in [-0.2, 0) is 20.1 Å². The molecule has 0 bridgehead atoms. The van der Waals surface area contributed by atoms with Crippen LogP contribution in [0.2, 0.25) is 0 Å². The highest BCUT2D eigenvalue weighted by Gasteiger charge is 2.08. The molecule has 0 aromatic carbocycles. The Bertz CT molecular complexity index is 535. The van der Waals surface area contributed by atoms with Gasteiger partial charge in [-0.3, -0.25) is 4.90 Å². The van der Waals surface area contributed by atoms with Crippen LogP contribution in [0.5, 0.6) is 0 Å². The molecule has 2 aromatic rings. The van der Waals surface area contributed by atoms with Crippen LogP contribution in [0.3, 0.4) is 0 Å². The highest BCUT2D eigenvalue weighted by atomic mass is 15.2. The number of nitrogens with one attached hydrogen (secondary N) is 1. The molecule has 0 amide bonds. The Morgan fingerprint density at radius 3 is 2.80 bits per heavy atom. The van der Waals surface area contributed by atoms with E-state index in [1.807, 2.05) is 31.7 Å². The summed E-state index contributed by atoms with van der Waals surface area (Å²) in [5.41, 5.74) is 1.22. The van der Waals surface area contributed by atoms with Crippen molar-refractivity contribution in [1.82, 2.24) is 19.4 Å². The van der Waals surface area contributed by atoms with E-state index in [0.717, 1.165) is 37.7 Å². The standard InChI is InChI=1S/C15H23N5/c1-4-7-17-15-13(6-5-8-18-15)11-19(2)12-14-16-9-10-20(14)3/h5-6,8-10H,4,7,11-12H2,1-3H3,(H,17,18). The second kappa shape index (κ2) is 7.05. The van der Waals surface area contributed by atoms with E-state index in [0.29, 0.717) is 0 Å². The lowest BCUT2D eigenvalue weighted by Gasteiger charge is -2.18. The minimum Gasteiger partial charge on any atom is -0.370 e. The van der Waals surface area contributed by atoms with Crippen molar-refractivity contribution in [3.63, 3.8) is 0 Å². The molecular weight excluding hydrogens is 250 g/mol. The zero-order chi connectivity index (χ0) is 14.4. The van der Waals surface area contributed by atoms with Crippen LogP contribution in [0.25, 0.3) is 0 Å². The molecule has 20 heavy (non-hydrogen) atoms. The Morgan fingerprint density at radius 2 is 2.10 bits per heavy atom. The largest absolute Gasteiger partial charge is 0.370 e. The van der Waals surface area contributed by atoms with Gasteiger partial charge in [0.05, 0.1) is 6.54 Å². The highest BCUT2D eigenvalue weighted by Crippen LogP contribution is 2.14. The Hall–Kier alpha value is -1.88. The second-order valence-corrected chi connectivity index (χ2v) is 5.06. The van der Waals surface area contributed by atoms with Gasteiger partial charge < -0.3 is 9.88 Å². The molecule has 0 saturated carbocycles. The minimum absolute atomic E-state index is 0.825. The van der Waals surface area contributed by atoms with E-state index in [2.05, 4.69) is 44.8 Å². The maximum atomic E-state index is 4.43. The van der Waals surface area contributed by atoms with Crippen molar-refractivity contribution in [2.75, 3.05) is 18.9 Å². The van der Waals surface area contributed by atoms with Crippen LogP contribution in [-0.4, -0.2) is 33.0 Å². The summed E-state index contributed by atoms with van der Waals surface area (Å²) in [7, 11) is 4.12. The maximum Gasteiger partial charge on any atom is 0.130 e. The van der Waals surface area contributed by atoms with Gasteiger partial charge in [0, 0.05) is 44.3 Å². The fourth-order valence-corrected chi connectivity index (χ4v) is 2.11. The lowest BCUT2D eigenvalue weighted by molar-refractivity contribution is 0.307. The molecule has 0 unspecified atom stereocenters. The van der Waals surface area contributed by atoms with Crippen LogP contribution in [0.15, 0.2) is 30.7 Å². The molecular formula is C15H23N5. The third kappa shape index (κ3) is 3.81. The summed E-state index contributed by atoms with van der Waals surface area (Å²) in [6, 6.07) is 4.11. The van der Waals surface area contributed by atoms with Crippen molar-refractivity contribution in [2.45, 2.75) is 26.4 Å². The molecule has 0 spiro atoms. The Labute approximate surface area is 120 Å². The van der Waals surface area contributed by atoms with Gasteiger partial charge in [-0.1, -0.05) is 13.0 Å². The van der Waals surface area contributed by atoms with Crippen molar-refractivity contribution in [2.24, 2.45) is 7.05 Å². The lowest BCUT2D eigenvalue weighted by Crippen LogP contribution is -2.20. The van der Waals surface area contributed by atoms with Gasteiger partial charge in [-0.25, -0.2) is 9.97 Å². The van der Waals surface area contributed by atoms with Crippen LogP contribution in [0, 0.1) is 0 Å². The highest BCUT2D eigenvalue weighted by molar-refractivity contribution is 5.43. The second-order valence-electron chi connectivity index (χ2n) is 5.06. The van der Waals surface area contributed by atoms with E-state index in [9.17, 15) is 0 Å². The molecule has 2 rings (SSSR count). The number of rotatable bonds is 7. The molecule has 0 fully saturated rings. The van der Waals surface area contributed by atoms with E-state index in [4.69, 9.17) is 0 Å². The van der Waals surface area contributed by atoms with E-state index in [-0.39, 0.29) is 0 Å². The number of hydrogen-bond donors (Lipinski definition) is 1. The van der Waals surface area contributed by atoms with Crippen LogP contribution in [0.1, 0.15) is 24.7 Å². The summed E-state index contributed by atoms with van der Waals surface area (Å²) in [6.07, 6.45) is 6.74. The van der Waals surface area contributed by atoms with Crippen molar-refractivity contribution < 1.29 is 0 Å². The molecule has 5 nitrogen and oxygen atoms in total. The topological polar surface area (TPSA) is 46.0 Å². The zero-order valence-corrected chi connectivity index (χ0v) is 12.5. The van der Waals surface area contributed by atoms with Gasteiger partial charge in [0.2, 0.25) is 0 Å². The van der Waals surface area contributed by atoms with Crippen LogP contribution >= 0.6 is 0 Å². The van der Waals surface area contributed by atoms with Crippen molar-refractivity contribution in [3.05, 3.63) is 42.1 Å². The average molecular weight is 273 g/mol. The molecule has 1 N–H and O–H groups in total. The summed E-state index contributed by atoms with van der Waals surface area (Å²) in [5, 5.41) is 3.38. The summed E-state index contributed by atoms with van der Waals surface area (Å²) in [5.74, 6) is 2.06. The SMILES string of the molecule is CCCNc1ncccc1CN(C)Cc1nccn1C. The van der Waals surface area contributed by atoms with Gasteiger partial charge in [0.1, 0.15) is 11.6 Å². The third-order valence-electron chi connectivity index (χ3n) is 3.21. The van der Waals surface area contributed by atoms with Gasteiger partial charge in [-0.15, -0.1) is 0 Å². The van der Waals surface area contributed by atoms with Gasteiger partial charge in [0.15, 0.2) is 0 Å². The number of pyridine rings is 1. The van der Waals surface area contributed by atoms with Crippen molar-refractivity contribution >= 4 is 5.82 Å². The van der Waals surface area contributed by atoms with Crippen molar-refractivity contribution in [3.8, 4) is 0 Å². The smallest absolute Gasteiger partial charge is 0.130 e. The Kier molecular flexibility index (Phi) is 5.12. The van der Waals surface area contributed by atoms with Gasteiger partial charge in [-0.2, -0.15) is 0 Å². The van der Waals surface area contributed by atoms with E-state index in [1.165, 1.54) is 5.56 Å². The van der Waals surface area contributed by atoms with Crippen LogP contribution < -0.4 is 5.32 Å². The van der Waals surface area contributed by atoms with Gasteiger partial charge in [-0.05, 0) is 19.5 Å². The zero-order valence-electron chi connectivity index (χ0n) is 12.5. The first kappa shape index (κ1) is 14.5. The first-order valence-corrected chi connectivity index (χ1v) is 7.03. The summed E-state index contributed by atoms with van der Waals surface area (Å²) in [4.78, 5) is 11.0. The molecule has 0 saturated heterocycles. The first-order valence-electron chi connectivity index (χ1n) is 7.03. The third-order valence-corrected chi connectivity index (χ3v) is 3.21. The van der Waals surface area contributed by atoms with Gasteiger partial charge in [0.25, 0.3) is 0 Å². The number of imidazole rings is 1. The summed E-state index contributed by atoms with van der Waals surface area (Å²) < 4.78 is 2.05. The average Bonchev–Trinajstić information content (AvgIpc) is 2.83. The fraction of sp³-hybridized carbons (Fsp3) is 0.467. The number of anilines is 1. The lowest BCUT2D eigenvalue weighted by atomic mass is 10.2. The summed E-state index contributed by atoms with van der Waals surface area (Å²) in [6.45, 7) is 4.79. The quantitative estimate of drug-likeness (QED) is 0.840. The number of aryl methyl sites for hydroxylation is 1. The van der Waals surface area contributed by atoms with Crippen LogP contribution in [0.4, 0.5) is 5.82 Å². The minimum atomic E-state index is 0.825. The monoisotopic (exact) mass is 273 g/mol. The first-order chi connectivity index (χ1) is 9.70. The molecule has 2 aromatic heterocycles. The normalized spacial score (nSPS) is 11.0. The van der Waals surface area contributed by atoms with E-state index >= 15 is 0 Å². The number of aromatic nitrogens is 3. The maximum absolute atomic E-state index is 4.43.